The molecule has 1 unspecified atom stereocenters. The summed E-state index contributed by atoms with van der Waals surface area (Å²) in [5.41, 5.74) is 2.09. The third-order valence-electron chi connectivity index (χ3n) is 3.31. The lowest BCUT2D eigenvalue weighted by molar-refractivity contribution is -0.139. The minimum Gasteiger partial charge on any atom is -0.481 e. The van der Waals surface area contributed by atoms with E-state index in [2.05, 4.69) is 11.8 Å². The van der Waals surface area contributed by atoms with Crippen LogP contribution in [0.2, 0.25) is 0 Å². The fourth-order valence-corrected chi connectivity index (χ4v) is 2.37. The summed E-state index contributed by atoms with van der Waals surface area (Å²) >= 11 is 0. The summed E-state index contributed by atoms with van der Waals surface area (Å²) in [5, 5.41) is 9.47. The summed E-state index contributed by atoms with van der Waals surface area (Å²) in [4.78, 5) is 13.6. The van der Waals surface area contributed by atoms with E-state index in [1.165, 1.54) is 0 Å². The van der Waals surface area contributed by atoms with E-state index >= 15 is 0 Å². The van der Waals surface area contributed by atoms with Crippen molar-refractivity contribution in [2.75, 3.05) is 14.1 Å². The molecule has 0 bridgehead atoms. The summed E-state index contributed by atoms with van der Waals surface area (Å²) in [6.45, 7) is 2.92. The van der Waals surface area contributed by atoms with Gasteiger partial charge in [-0.2, -0.15) is 0 Å². The average molecular weight is 263 g/mol. The van der Waals surface area contributed by atoms with Crippen LogP contribution >= 0.6 is 0 Å². The Balaban J connectivity index is 2.91. The zero-order chi connectivity index (χ0) is 14.3. The van der Waals surface area contributed by atoms with Crippen molar-refractivity contribution in [3.05, 3.63) is 35.4 Å². The topological polar surface area (TPSA) is 40.5 Å². The van der Waals surface area contributed by atoms with Gasteiger partial charge in [-0.25, -0.2) is 0 Å². The van der Waals surface area contributed by atoms with Crippen molar-refractivity contribution < 1.29 is 9.90 Å². The van der Waals surface area contributed by atoms with Crippen LogP contribution in [-0.2, 0) is 11.3 Å². The van der Waals surface area contributed by atoms with E-state index in [1.54, 1.807) is 0 Å². The highest BCUT2D eigenvalue weighted by Gasteiger charge is 2.21. The SMILES string of the molecule is CCCCCC(C(=O)O)c1ccccc1CN(C)C. The molecule has 0 amide bonds. The third kappa shape index (κ3) is 5.03. The van der Waals surface area contributed by atoms with Crippen molar-refractivity contribution in [3.8, 4) is 0 Å². The highest BCUT2D eigenvalue weighted by molar-refractivity contribution is 5.76. The zero-order valence-electron chi connectivity index (χ0n) is 12.2. The molecule has 0 radical (unpaired) electrons. The van der Waals surface area contributed by atoms with Crippen LogP contribution in [0.5, 0.6) is 0 Å². The zero-order valence-corrected chi connectivity index (χ0v) is 12.2. The number of carbonyl (C=O) groups is 1. The Morgan fingerprint density at radius 3 is 2.53 bits per heavy atom. The Hall–Kier alpha value is -1.35. The monoisotopic (exact) mass is 263 g/mol. The van der Waals surface area contributed by atoms with Crippen molar-refractivity contribution >= 4 is 5.97 Å². The van der Waals surface area contributed by atoms with E-state index in [9.17, 15) is 9.90 Å². The molecule has 0 aliphatic carbocycles. The first-order valence-corrected chi connectivity index (χ1v) is 7.01. The standard InChI is InChI=1S/C16H25NO2/c1-4-5-6-11-15(16(18)19)14-10-8-7-9-13(14)12-17(2)3/h7-10,15H,4-6,11-12H2,1-3H3,(H,18,19). The van der Waals surface area contributed by atoms with Crippen LogP contribution in [-0.4, -0.2) is 30.1 Å². The number of benzene rings is 1. The molecule has 3 heteroatoms. The number of nitrogens with zero attached hydrogens (tertiary/aromatic N) is 1. The fourth-order valence-electron chi connectivity index (χ4n) is 2.37. The summed E-state index contributed by atoms with van der Waals surface area (Å²) in [6, 6.07) is 7.91. The third-order valence-corrected chi connectivity index (χ3v) is 3.31. The van der Waals surface area contributed by atoms with Crippen molar-refractivity contribution in [1.29, 1.82) is 0 Å². The maximum Gasteiger partial charge on any atom is 0.310 e. The molecule has 0 fully saturated rings. The number of rotatable bonds is 8. The quantitative estimate of drug-likeness (QED) is 0.730. The van der Waals surface area contributed by atoms with E-state index < -0.39 is 5.97 Å². The average Bonchev–Trinajstić information content (AvgIpc) is 2.35. The molecule has 106 valence electrons. The summed E-state index contributed by atoms with van der Waals surface area (Å²) < 4.78 is 0. The van der Waals surface area contributed by atoms with Gasteiger partial charge in [0.1, 0.15) is 0 Å². The van der Waals surface area contributed by atoms with Crippen LogP contribution in [0.3, 0.4) is 0 Å². The number of aliphatic carboxylic acids is 1. The van der Waals surface area contributed by atoms with Crippen LogP contribution < -0.4 is 0 Å². The summed E-state index contributed by atoms with van der Waals surface area (Å²) in [5.74, 6) is -1.08. The van der Waals surface area contributed by atoms with Crippen molar-refractivity contribution in [2.45, 2.75) is 45.1 Å². The molecule has 1 aromatic rings. The molecule has 0 saturated carbocycles. The van der Waals surface area contributed by atoms with Gasteiger partial charge < -0.3 is 10.0 Å². The van der Waals surface area contributed by atoms with E-state index in [-0.39, 0.29) is 5.92 Å². The number of carboxylic acid groups (broad SMARTS) is 1. The van der Waals surface area contributed by atoms with Gasteiger partial charge in [0.05, 0.1) is 5.92 Å². The van der Waals surface area contributed by atoms with Gasteiger partial charge in [0.15, 0.2) is 0 Å². The molecule has 0 heterocycles. The highest BCUT2D eigenvalue weighted by Crippen LogP contribution is 2.26. The van der Waals surface area contributed by atoms with E-state index in [4.69, 9.17) is 0 Å². The van der Waals surface area contributed by atoms with Gasteiger partial charge >= 0.3 is 5.97 Å². The normalized spacial score (nSPS) is 12.6. The lowest BCUT2D eigenvalue weighted by Gasteiger charge is -2.19. The van der Waals surface area contributed by atoms with Gasteiger partial charge in [-0.3, -0.25) is 4.79 Å². The van der Waals surface area contributed by atoms with Gasteiger partial charge in [-0.1, -0.05) is 50.5 Å². The fraction of sp³-hybridized carbons (Fsp3) is 0.562. The first-order chi connectivity index (χ1) is 9.06. The lowest BCUT2D eigenvalue weighted by atomic mass is 9.89. The number of hydrogen-bond acceptors (Lipinski definition) is 2. The Kier molecular flexibility index (Phi) is 6.57. The molecular formula is C16H25NO2. The second kappa shape index (κ2) is 7.95. The predicted octanol–water partition coefficient (Wildman–Crippen LogP) is 3.50. The van der Waals surface area contributed by atoms with Crippen molar-refractivity contribution in [1.82, 2.24) is 4.90 Å². The maximum atomic E-state index is 11.5. The largest absolute Gasteiger partial charge is 0.481 e. The van der Waals surface area contributed by atoms with Crippen molar-refractivity contribution in [2.24, 2.45) is 0 Å². The van der Waals surface area contributed by atoms with E-state index in [0.29, 0.717) is 0 Å². The Morgan fingerprint density at radius 1 is 1.26 bits per heavy atom. The lowest BCUT2D eigenvalue weighted by Crippen LogP contribution is -2.17. The predicted molar refractivity (Wildman–Crippen MR) is 78.4 cm³/mol. The van der Waals surface area contributed by atoms with Crippen LogP contribution in [0, 0.1) is 0 Å². The summed E-state index contributed by atoms with van der Waals surface area (Å²) in [6.07, 6.45) is 3.92. The Bertz CT molecular complexity index is 401. The van der Waals surface area contributed by atoms with Crippen LogP contribution in [0.25, 0.3) is 0 Å². The Labute approximate surface area is 116 Å². The smallest absolute Gasteiger partial charge is 0.310 e. The molecule has 1 atom stereocenters. The molecule has 0 spiro atoms. The van der Waals surface area contributed by atoms with Crippen LogP contribution in [0.15, 0.2) is 24.3 Å². The van der Waals surface area contributed by atoms with Gasteiger partial charge in [0.2, 0.25) is 0 Å². The molecule has 1 aromatic carbocycles. The molecular weight excluding hydrogens is 238 g/mol. The van der Waals surface area contributed by atoms with Crippen LogP contribution in [0.4, 0.5) is 0 Å². The minimum absolute atomic E-state index is 0.373. The molecule has 3 nitrogen and oxygen atoms in total. The number of hydrogen-bond donors (Lipinski definition) is 1. The second-order valence-electron chi connectivity index (χ2n) is 5.32. The molecule has 19 heavy (non-hydrogen) atoms. The Morgan fingerprint density at radius 2 is 1.95 bits per heavy atom. The van der Waals surface area contributed by atoms with E-state index in [0.717, 1.165) is 43.4 Å². The second-order valence-corrected chi connectivity index (χ2v) is 5.32. The molecule has 0 aliphatic heterocycles. The molecule has 0 aromatic heterocycles. The molecule has 0 aliphatic rings. The minimum atomic E-state index is -0.706. The highest BCUT2D eigenvalue weighted by atomic mass is 16.4. The van der Waals surface area contributed by atoms with Gasteiger partial charge in [0.25, 0.3) is 0 Å². The van der Waals surface area contributed by atoms with Gasteiger partial charge in [-0.15, -0.1) is 0 Å². The molecule has 0 saturated heterocycles. The maximum absolute atomic E-state index is 11.5. The molecule has 1 rings (SSSR count). The van der Waals surface area contributed by atoms with Gasteiger partial charge in [0, 0.05) is 6.54 Å². The molecule has 1 N–H and O–H groups in total. The van der Waals surface area contributed by atoms with E-state index in [1.807, 2.05) is 38.4 Å². The first-order valence-electron chi connectivity index (χ1n) is 7.01. The van der Waals surface area contributed by atoms with Crippen LogP contribution in [0.1, 0.15) is 49.7 Å². The number of carboxylic acids is 1. The van der Waals surface area contributed by atoms with Gasteiger partial charge in [-0.05, 0) is 31.6 Å². The summed E-state index contributed by atoms with van der Waals surface area (Å²) in [7, 11) is 4.01. The first kappa shape index (κ1) is 15.7. The van der Waals surface area contributed by atoms with Crippen molar-refractivity contribution in [3.63, 3.8) is 0 Å². The number of unbranched alkanes of at least 4 members (excludes halogenated alkanes) is 2.